The molecule has 3 nitrogen and oxygen atoms in total. The van der Waals surface area contributed by atoms with E-state index in [9.17, 15) is 22.4 Å². The van der Waals surface area contributed by atoms with Crippen molar-refractivity contribution in [2.75, 3.05) is 0 Å². The molecule has 1 aliphatic carbocycles. The molecule has 0 spiro atoms. The standard InChI is InChI=1S/C12H11F4NO2/c13-7-1-2-9(17-6-7)8(5-10(18)19)11(3-4-11)12(14,15)16/h1-2,6,8H,3-5H2,(H,18,19). The number of carboxylic acid groups (broad SMARTS) is 1. The maximum Gasteiger partial charge on any atom is 0.395 e. The monoisotopic (exact) mass is 277 g/mol. The van der Waals surface area contributed by atoms with Gasteiger partial charge in [0.2, 0.25) is 0 Å². The Kier molecular flexibility index (Phi) is 3.24. The average molecular weight is 277 g/mol. The van der Waals surface area contributed by atoms with E-state index in [1.165, 1.54) is 0 Å². The van der Waals surface area contributed by atoms with Crippen LogP contribution in [-0.2, 0) is 4.79 Å². The Morgan fingerprint density at radius 2 is 2.05 bits per heavy atom. The highest BCUT2D eigenvalue weighted by Gasteiger charge is 2.67. The number of hydrogen-bond acceptors (Lipinski definition) is 2. The fourth-order valence-corrected chi connectivity index (χ4v) is 2.32. The summed E-state index contributed by atoms with van der Waals surface area (Å²) in [6, 6.07) is 2.11. The van der Waals surface area contributed by atoms with Gasteiger partial charge in [-0.2, -0.15) is 13.2 Å². The van der Waals surface area contributed by atoms with Crippen molar-refractivity contribution >= 4 is 5.97 Å². The number of carboxylic acids is 1. The van der Waals surface area contributed by atoms with Crippen LogP contribution < -0.4 is 0 Å². The molecule has 1 atom stereocenters. The summed E-state index contributed by atoms with van der Waals surface area (Å²) in [6.45, 7) is 0. The summed E-state index contributed by atoms with van der Waals surface area (Å²) in [4.78, 5) is 14.4. The first-order valence-corrected chi connectivity index (χ1v) is 5.66. The number of rotatable bonds is 4. The van der Waals surface area contributed by atoms with E-state index < -0.39 is 35.7 Å². The van der Waals surface area contributed by atoms with Crippen LogP contribution in [0.3, 0.4) is 0 Å². The molecule has 0 amide bonds. The third-order valence-electron chi connectivity index (χ3n) is 3.51. The summed E-state index contributed by atoms with van der Waals surface area (Å²) in [5.74, 6) is -3.27. The van der Waals surface area contributed by atoms with Gasteiger partial charge in [-0.3, -0.25) is 9.78 Å². The lowest BCUT2D eigenvalue weighted by molar-refractivity contribution is -0.195. The highest BCUT2D eigenvalue weighted by Crippen LogP contribution is 2.65. The van der Waals surface area contributed by atoms with E-state index in [1.807, 2.05) is 0 Å². The van der Waals surface area contributed by atoms with Gasteiger partial charge in [-0.15, -0.1) is 0 Å². The lowest BCUT2D eigenvalue weighted by Gasteiger charge is -2.27. The van der Waals surface area contributed by atoms with Crippen LogP contribution in [0.1, 0.15) is 30.9 Å². The summed E-state index contributed by atoms with van der Waals surface area (Å²) in [7, 11) is 0. The number of carbonyl (C=O) groups is 1. The zero-order valence-electron chi connectivity index (χ0n) is 9.75. The van der Waals surface area contributed by atoms with Crippen molar-refractivity contribution in [1.82, 2.24) is 4.98 Å². The number of pyridine rings is 1. The molecule has 0 saturated heterocycles. The van der Waals surface area contributed by atoms with Gasteiger partial charge in [-0.05, 0) is 25.0 Å². The molecule has 1 saturated carbocycles. The smallest absolute Gasteiger partial charge is 0.395 e. The fraction of sp³-hybridized carbons (Fsp3) is 0.500. The van der Waals surface area contributed by atoms with E-state index in [1.54, 1.807) is 0 Å². The normalized spacial score (nSPS) is 18.9. The van der Waals surface area contributed by atoms with Crippen molar-refractivity contribution in [2.45, 2.75) is 31.4 Å². The number of alkyl halides is 3. The minimum Gasteiger partial charge on any atom is -0.481 e. The van der Waals surface area contributed by atoms with Gasteiger partial charge in [0, 0.05) is 11.6 Å². The van der Waals surface area contributed by atoms with Crippen molar-refractivity contribution in [3.63, 3.8) is 0 Å². The van der Waals surface area contributed by atoms with Crippen LogP contribution in [0.15, 0.2) is 18.3 Å². The van der Waals surface area contributed by atoms with E-state index in [2.05, 4.69) is 4.98 Å². The van der Waals surface area contributed by atoms with Crippen molar-refractivity contribution in [2.24, 2.45) is 5.41 Å². The van der Waals surface area contributed by atoms with Gasteiger partial charge >= 0.3 is 12.1 Å². The van der Waals surface area contributed by atoms with E-state index in [0.717, 1.165) is 18.3 Å². The maximum atomic E-state index is 13.1. The first-order valence-electron chi connectivity index (χ1n) is 5.66. The van der Waals surface area contributed by atoms with Gasteiger partial charge in [0.25, 0.3) is 0 Å². The molecular weight excluding hydrogens is 266 g/mol. The molecule has 1 aliphatic rings. The predicted octanol–water partition coefficient (Wildman–Crippen LogP) is 3.12. The highest BCUT2D eigenvalue weighted by atomic mass is 19.4. The lowest BCUT2D eigenvalue weighted by atomic mass is 9.82. The zero-order chi connectivity index (χ0) is 14.3. The molecule has 1 fully saturated rings. The fourth-order valence-electron chi connectivity index (χ4n) is 2.32. The molecule has 0 aromatic carbocycles. The average Bonchev–Trinajstić information content (AvgIpc) is 3.07. The summed E-state index contributed by atoms with van der Waals surface area (Å²) in [5.41, 5.74) is -2.06. The minimum absolute atomic E-state index is 0.0291. The van der Waals surface area contributed by atoms with Gasteiger partial charge in [0.1, 0.15) is 5.82 Å². The van der Waals surface area contributed by atoms with E-state index in [4.69, 9.17) is 5.11 Å². The molecule has 0 aliphatic heterocycles. The SMILES string of the molecule is O=C(O)CC(c1ccc(F)cn1)C1(C(F)(F)F)CC1. The number of aliphatic carboxylic acids is 1. The molecule has 2 rings (SSSR count). The quantitative estimate of drug-likeness (QED) is 0.860. The van der Waals surface area contributed by atoms with Crippen LogP contribution >= 0.6 is 0 Å². The third kappa shape index (κ3) is 2.54. The van der Waals surface area contributed by atoms with Crippen LogP contribution in [0.4, 0.5) is 17.6 Å². The van der Waals surface area contributed by atoms with Gasteiger partial charge in [-0.1, -0.05) is 0 Å². The van der Waals surface area contributed by atoms with Crippen molar-refractivity contribution in [3.8, 4) is 0 Å². The second-order valence-corrected chi connectivity index (χ2v) is 4.71. The molecule has 1 heterocycles. The number of halogens is 4. The third-order valence-corrected chi connectivity index (χ3v) is 3.51. The zero-order valence-corrected chi connectivity index (χ0v) is 9.75. The molecule has 1 unspecified atom stereocenters. The lowest BCUT2D eigenvalue weighted by Crippen LogP contribution is -2.32. The predicted molar refractivity (Wildman–Crippen MR) is 56.9 cm³/mol. The molecule has 1 aromatic rings. The van der Waals surface area contributed by atoms with Gasteiger partial charge in [0.05, 0.1) is 18.0 Å². The van der Waals surface area contributed by atoms with Gasteiger partial charge in [-0.25, -0.2) is 4.39 Å². The first-order chi connectivity index (χ1) is 8.76. The molecule has 19 heavy (non-hydrogen) atoms. The van der Waals surface area contributed by atoms with E-state index >= 15 is 0 Å². The number of hydrogen-bond donors (Lipinski definition) is 1. The Bertz CT molecular complexity index is 479. The topological polar surface area (TPSA) is 50.2 Å². The Labute approximate surface area is 106 Å². The van der Waals surface area contributed by atoms with Crippen LogP contribution in [0, 0.1) is 11.2 Å². The maximum absolute atomic E-state index is 13.1. The Balaban J connectivity index is 2.37. The second-order valence-electron chi connectivity index (χ2n) is 4.71. The van der Waals surface area contributed by atoms with Crippen LogP contribution in [-0.4, -0.2) is 22.2 Å². The highest BCUT2D eigenvalue weighted by molar-refractivity contribution is 5.68. The first kappa shape index (κ1) is 13.8. The summed E-state index contributed by atoms with van der Waals surface area (Å²) in [6.07, 6.45) is -4.58. The number of aromatic nitrogens is 1. The van der Waals surface area contributed by atoms with Gasteiger partial charge < -0.3 is 5.11 Å². The van der Waals surface area contributed by atoms with Gasteiger partial charge in [0.15, 0.2) is 0 Å². The Morgan fingerprint density at radius 1 is 1.42 bits per heavy atom. The van der Waals surface area contributed by atoms with Crippen molar-refractivity contribution in [1.29, 1.82) is 0 Å². The Morgan fingerprint density at radius 3 is 2.42 bits per heavy atom. The van der Waals surface area contributed by atoms with Crippen LogP contribution in [0.2, 0.25) is 0 Å². The van der Waals surface area contributed by atoms with Crippen LogP contribution in [0.25, 0.3) is 0 Å². The Hall–Kier alpha value is -1.66. The molecule has 1 N–H and O–H groups in total. The summed E-state index contributed by atoms with van der Waals surface area (Å²) in [5, 5.41) is 8.79. The van der Waals surface area contributed by atoms with E-state index in [-0.39, 0.29) is 18.5 Å². The largest absolute Gasteiger partial charge is 0.481 e. The van der Waals surface area contributed by atoms with Crippen molar-refractivity contribution < 1.29 is 27.5 Å². The van der Waals surface area contributed by atoms with Crippen molar-refractivity contribution in [3.05, 3.63) is 29.8 Å². The molecule has 7 heteroatoms. The number of nitrogens with zero attached hydrogens (tertiary/aromatic N) is 1. The molecule has 1 aromatic heterocycles. The summed E-state index contributed by atoms with van der Waals surface area (Å²) >= 11 is 0. The minimum atomic E-state index is -4.48. The molecular formula is C12H11F4NO2. The van der Waals surface area contributed by atoms with Crippen LogP contribution in [0.5, 0.6) is 0 Å². The summed E-state index contributed by atoms with van der Waals surface area (Å²) < 4.78 is 52.0. The molecule has 0 radical (unpaired) electrons. The molecule has 0 bridgehead atoms. The van der Waals surface area contributed by atoms with E-state index in [0.29, 0.717) is 0 Å². The molecule has 104 valence electrons. The second kappa shape index (κ2) is 4.47.